The van der Waals surface area contributed by atoms with E-state index >= 15 is 0 Å². The normalized spacial score (nSPS) is 15.3. The molecule has 3 heterocycles. The van der Waals surface area contributed by atoms with E-state index in [1.165, 1.54) is 0 Å². The van der Waals surface area contributed by atoms with Crippen molar-refractivity contribution in [1.82, 2.24) is 9.97 Å². The Morgan fingerprint density at radius 2 is 2.04 bits per heavy atom. The van der Waals surface area contributed by atoms with Crippen molar-refractivity contribution in [2.45, 2.75) is 6.42 Å². The molecule has 0 saturated heterocycles. The molecule has 1 amide bonds. The van der Waals surface area contributed by atoms with Crippen LogP contribution in [0.3, 0.4) is 0 Å². The summed E-state index contributed by atoms with van der Waals surface area (Å²) in [5.41, 5.74) is 4.81. The van der Waals surface area contributed by atoms with Gasteiger partial charge in [0.2, 0.25) is 11.9 Å². The molecule has 0 radical (unpaired) electrons. The van der Waals surface area contributed by atoms with Crippen molar-refractivity contribution in [1.29, 1.82) is 0 Å². The Labute approximate surface area is 133 Å². The molecule has 4 rings (SSSR count). The molecule has 2 aliphatic heterocycles. The number of benzene rings is 1. The summed E-state index contributed by atoms with van der Waals surface area (Å²) < 4.78 is 0. The van der Waals surface area contributed by atoms with Crippen LogP contribution in [-0.2, 0) is 11.2 Å². The molecule has 23 heavy (non-hydrogen) atoms. The summed E-state index contributed by atoms with van der Waals surface area (Å²) in [5, 5.41) is 6.01. The maximum Gasteiger partial charge on any atom is 0.228 e. The van der Waals surface area contributed by atoms with Gasteiger partial charge in [0, 0.05) is 23.6 Å². The Kier molecular flexibility index (Phi) is 3.34. The highest BCUT2D eigenvalue weighted by Crippen LogP contribution is 2.28. The summed E-state index contributed by atoms with van der Waals surface area (Å²) >= 11 is 0. The van der Waals surface area contributed by atoms with E-state index in [0.29, 0.717) is 18.9 Å². The minimum atomic E-state index is 0.0387. The summed E-state index contributed by atoms with van der Waals surface area (Å²) in [4.78, 5) is 24.4. The topological polar surface area (TPSA) is 79.3 Å². The minimum Gasteiger partial charge on any atom is -0.349 e. The molecule has 2 aliphatic rings. The molecule has 0 aliphatic carbocycles. The first-order chi connectivity index (χ1) is 11.3. The number of rotatable bonds is 4. The van der Waals surface area contributed by atoms with Crippen LogP contribution in [0.5, 0.6) is 0 Å². The van der Waals surface area contributed by atoms with Crippen LogP contribution >= 0.6 is 0 Å². The van der Waals surface area contributed by atoms with Crippen molar-refractivity contribution in [2.24, 2.45) is 4.99 Å². The first-order valence-corrected chi connectivity index (χ1v) is 7.47. The van der Waals surface area contributed by atoms with E-state index in [2.05, 4.69) is 25.6 Å². The van der Waals surface area contributed by atoms with Gasteiger partial charge in [0.25, 0.3) is 0 Å². The summed E-state index contributed by atoms with van der Waals surface area (Å²) in [5.74, 6) is 0.614. The average Bonchev–Trinajstić information content (AvgIpc) is 3.21. The van der Waals surface area contributed by atoms with Crippen LogP contribution in [0.1, 0.15) is 5.56 Å². The average molecular weight is 305 g/mol. The van der Waals surface area contributed by atoms with E-state index < -0.39 is 0 Å². The fourth-order valence-corrected chi connectivity index (χ4v) is 2.66. The van der Waals surface area contributed by atoms with Crippen molar-refractivity contribution >= 4 is 23.3 Å². The molecule has 0 unspecified atom stereocenters. The van der Waals surface area contributed by atoms with Gasteiger partial charge in [0.05, 0.1) is 25.2 Å². The standard InChI is InChI=1S/C17H15N5O/c23-16-7-12-4-3-11(6-15(12)22-16)13-8-19-17(20-9-13)21-10-14-2-1-5-18-14/h1-4,6,8-9H,5,7,10H2,(H,22,23)(H,19,20,21). The fraction of sp³-hybridized carbons (Fsp3) is 0.176. The number of aromatic nitrogens is 2. The van der Waals surface area contributed by atoms with E-state index in [9.17, 15) is 4.79 Å². The van der Waals surface area contributed by atoms with Crippen LogP contribution in [0.4, 0.5) is 11.6 Å². The van der Waals surface area contributed by atoms with Crippen molar-refractivity contribution in [3.63, 3.8) is 0 Å². The van der Waals surface area contributed by atoms with Gasteiger partial charge in [-0.15, -0.1) is 0 Å². The second kappa shape index (κ2) is 5.64. The zero-order chi connectivity index (χ0) is 15.6. The molecule has 1 aromatic heterocycles. The summed E-state index contributed by atoms with van der Waals surface area (Å²) in [7, 11) is 0. The van der Waals surface area contributed by atoms with Gasteiger partial charge in [-0.05, 0) is 23.3 Å². The molecular formula is C17H15N5O. The quantitative estimate of drug-likeness (QED) is 0.906. The predicted molar refractivity (Wildman–Crippen MR) is 89.7 cm³/mol. The molecule has 1 aromatic carbocycles. The van der Waals surface area contributed by atoms with Crippen LogP contribution in [0.25, 0.3) is 11.1 Å². The zero-order valence-electron chi connectivity index (χ0n) is 12.4. The Balaban J connectivity index is 1.49. The number of hydrogen-bond acceptors (Lipinski definition) is 5. The lowest BCUT2D eigenvalue weighted by Crippen LogP contribution is -2.12. The monoisotopic (exact) mass is 305 g/mol. The molecule has 2 aromatic rings. The molecular weight excluding hydrogens is 290 g/mol. The molecule has 6 nitrogen and oxygen atoms in total. The minimum absolute atomic E-state index is 0.0387. The van der Waals surface area contributed by atoms with Gasteiger partial charge in [-0.3, -0.25) is 9.79 Å². The molecule has 0 atom stereocenters. The van der Waals surface area contributed by atoms with Crippen LogP contribution in [0.2, 0.25) is 0 Å². The first-order valence-electron chi connectivity index (χ1n) is 7.47. The molecule has 2 N–H and O–H groups in total. The number of carbonyl (C=O) groups is 1. The maximum atomic E-state index is 11.4. The van der Waals surface area contributed by atoms with Crippen LogP contribution in [0.15, 0.2) is 47.7 Å². The Morgan fingerprint density at radius 1 is 1.17 bits per heavy atom. The SMILES string of the molecule is O=C1Cc2ccc(-c3cnc(NCC4=NCC=C4)nc3)cc2N1. The van der Waals surface area contributed by atoms with Crippen molar-refractivity contribution in [3.05, 3.63) is 48.3 Å². The Hall–Kier alpha value is -3.02. The highest BCUT2D eigenvalue weighted by Gasteiger charge is 2.17. The third kappa shape index (κ3) is 2.83. The van der Waals surface area contributed by atoms with Crippen molar-refractivity contribution < 1.29 is 4.79 Å². The lowest BCUT2D eigenvalue weighted by Gasteiger charge is -2.06. The molecule has 0 fully saturated rings. The van der Waals surface area contributed by atoms with Gasteiger partial charge >= 0.3 is 0 Å². The molecule has 6 heteroatoms. The van der Waals surface area contributed by atoms with E-state index in [-0.39, 0.29) is 5.91 Å². The van der Waals surface area contributed by atoms with Crippen LogP contribution in [0, 0.1) is 0 Å². The van der Waals surface area contributed by atoms with Crippen molar-refractivity contribution in [3.8, 4) is 11.1 Å². The Bertz CT molecular complexity index is 823. The van der Waals surface area contributed by atoms with Crippen molar-refractivity contribution in [2.75, 3.05) is 23.7 Å². The number of aliphatic imine (C=N–C) groups is 1. The number of anilines is 2. The molecule has 0 saturated carbocycles. The van der Waals surface area contributed by atoms with E-state index in [4.69, 9.17) is 0 Å². The highest BCUT2D eigenvalue weighted by atomic mass is 16.1. The van der Waals surface area contributed by atoms with E-state index in [0.717, 1.165) is 34.6 Å². The molecule has 0 spiro atoms. The van der Waals surface area contributed by atoms with Gasteiger partial charge < -0.3 is 10.6 Å². The number of fused-ring (bicyclic) bond motifs is 1. The van der Waals surface area contributed by atoms with E-state index in [1.807, 2.05) is 30.4 Å². The van der Waals surface area contributed by atoms with E-state index in [1.54, 1.807) is 12.4 Å². The second-order valence-corrected chi connectivity index (χ2v) is 5.48. The first kappa shape index (κ1) is 13.6. The Morgan fingerprint density at radius 3 is 2.83 bits per heavy atom. The number of carbonyl (C=O) groups excluding carboxylic acids is 1. The summed E-state index contributed by atoms with van der Waals surface area (Å²) in [6.07, 6.45) is 8.03. The van der Waals surface area contributed by atoms with Gasteiger partial charge in [0.15, 0.2) is 0 Å². The molecule has 0 bridgehead atoms. The largest absolute Gasteiger partial charge is 0.349 e. The number of nitrogens with one attached hydrogen (secondary N) is 2. The number of hydrogen-bond donors (Lipinski definition) is 2. The van der Waals surface area contributed by atoms with Crippen LogP contribution in [-0.4, -0.2) is 34.7 Å². The van der Waals surface area contributed by atoms with Gasteiger partial charge in [-0.25, -0.2) is 9.97 Å². The van der Waals surface area contributed by atoms with Gasteiger partial charge in [-0.1, -0.05) is 18.2 Å². The number of amides is 1. The summed E-state index contributed by atoms with van der Waals surface area (Å²) in [6, 6.07) is 5.92. The number of nitrogens with zero attached hydrogens (tertiary/aromatic N) is 3. The summed E-state index contributed by atoms with van der Waals surface area (Å²) in [6.45, 7) is 1.38. The second-order valence-electron chi connectivity index (χ2n) is 5.48. The van der Waals surface area contributed by atoms with Crippen LogP contribution < -0.4 is 10.6 Å². The van der Waals surface area contributed by atoms with Gasteiger partial charge in [0.1, 0.15) is 0 Å². The lowest BCUT2D eigenvalue weighted by atomic mass is 10.1. The third-order valence-electron chi connectivity index (χ3n) is 3.86. The fourth-order valence-electron chi connectivity index (χ4n) is 2.66. The predicted octanol–water partition coefficient (Wildman–Crippen LogP) is 2.06. The maximum absolute atomic E-state index is 11.4. The zero-order valence-corrected chi connectivity index (χ0v) is 12.4. The lowest BCUT2D eigenvalue weighted by molar-refractivity contribution is -0.115. The third-order valence-corrected chi connectivity index (χ3v) is 3.86. The smallest absolute Gasteiger partial charge is 0.228 e. The highest BCUT2D eigenvalue weighted by molar-refractivity contribution is 6.00. The molecule has 114 valence electrons. The van der Waals surface area contributed by atoms with Gasteiger partial charge in [-0.2, -0.15) is 0 Å².